The Labute approximate surface area is 153 Å². The fourth-order valence-corrected chi connectivity index (χ4v) is 3.26. The molecule has 0 aliphatic carbocycles. The van der Waals surface area contributed by atoms with Crippen LogP contribution in [-0.2, 0) is 11.2 Å². The molecule has 26 heavy (non-hydrogen) atoms. The second kappa shape index (κ2) is 8.05. The van der Waals surface area contributed by atoms with Crippen LogP contribution >= 0.6 is 0 Å². The predicted molar refractivity (Wildman–Crippen MR) is 98.7 cm³/mol. The quantitative estimate of drug-likeness (QED) is 0.797. The SMILES string of the molecule is CC(C)c1ccc(CC(=O)C[C@H]2CCN(c3ccc(C#N)nn3)C2)cn1. The highest BCUT2D eigenvalue weighted by atomic mass is 16.1. The Bertz CT molecular complexity index is 792. The van der Waals surface area contributed by atoms with Gasteiger partial charge in [0.25, 0.3) is 0 Å². The molecule has 0 radical (unpaired) electrons. The number of aromatic nitrogens is 3. The van der Waals surface area contributed by atoms with Crippen LogP contribution in [0, 0.1) is 17.2 Å². The van der Waals surface area contributed by atoms with Crippen molar-refractivity contribution in [2.45, 2.75) is 39.0 Å². The van der Waals surface area contributed by atoms with Gasteiger partial charge in [0.05, 0.1) is 0 Å². The van der Waals surface area contributed by atoms with E-state index in [9.17, 15) is 4.79 Å². The van der Waals surface area contributed by atoms with Gasteiger partial charge in [-0.15, -0.1) is 10.2 Å². The number of hydrogen-bond acceptors (Lipinski definition) is 6. The van der Waals surface area contributed by atoms with Crippen molar-refractivity contribution in [3.63, 3.8) is 0 Å². The summed E-state index contributed by atoms with van der Waals surface area (Å²) in [6.07, 6.45) is 3.81. The second-order valence-electron chi connectivity index (χ2n) is 7.15. The van der Waals surface area contributed by atoms with Gasteiger partial charge in [0.15, 0.2) is 11.5 Å². The van der Waals surface area contributed by atoms with E-state index in [1.807, 2.05) is 30.5 Å². The van der Waals surface area contributed by atoms with Crippen molar-refractivity contribution in [3.8, 4) is 6.07 Å². The van der Waals surface area contributed by atoms with E-state index in [-0.39, 0.29) is 5.78 Å². The Kier molecular flexibility index (Phi) is 5.57. The molecule has 0 aromatic carbocycles. The number of carbonyl (C=O) groups excluding carboxylic acids is 1. The van der Waals surface area contributed by atoms with Crippen molar-refractivity contribution >= 4 is 11.6 Å². The molecule has 0 saturated carbocycles. The number of carbonyl (C=O) groups is 1. The lowest BCUT2D eigenvalue weighted by molar-refractivity contribution is -0.119. The standard InChI is InChI=1S/C20H23N5O/c1-14(2)19-5-3-15(12-22-19)9-18(26)10-16-7-8-25(13-16)20-6-4-17(11-21)23-24-20/h3-6,12,14,16H,7-10,13H2,1-2H3/t16-/m1/s1. The topological polar surface area (TPSA) is 82.8 Å². The molecule has 3 heterocycles. The first-order chi connectivity index (χ1) is 12.5. The van der Waals surface area contributed by atoms with Crippen LogP contribution < -0.4 is 4.90 Å². The molecule has 1 fully saturated rings. The molecule has 3 rings (SSSR count). The molecular weight excluding hydrogens is 326 g/mol. The first-order valence-corrected chi connectivity index (χ1v) is 9.00. The maximum Gasteiger partial charge on any atom is 0.163 e. The van der Waals surface area contributed by atoms with E-state index in [1.165, 1.54) is 0 Å². The Morgan fingerprint density at radius 3 is 2.77 bits per heavy atom. The molecule has 1 saturated heterocycles. The zero-order chi connectivity index (χ0) is 18.5. The molecule has 6 heteroatoms. The second-order valence-corrected chi connectivity index (χ2v) is 7.15. The average molecular weight is 349 g/mol. The minimum Gasteiger partial charge on any atom is -0.355 e. The number of anilines is 1. The summed E-state index contributed by atoms with van der Waals surface area (Å²) in [5.74, 6) is 1.76. The largest absolute Gasteiger partial charge is 0.355 e. The lowest BCUT2D eigenvalue weighted by atomic mass is 9.98. The highest BCUT2D eigenvalue weighted by Gasteiger charge is 2.25. The van der Waals surface area contributed by atoms with Gasteiger partial charge < -0.3 is 4.90 Å². The molecule has 0 spiro atoms. The number of rotatable bonds is 6. The Morgan fingerprint density at radius 2 is 2.15 bits per heavy atom. The Balaban J connectivity index is 1.51. The molecule has 134 valence electrons. The monoisotopic (exact) mass is 349 g/mol. The first-order valence-electron chi connectivity index (χ1n) is 9.00. The number of ketones is 1. The van der Waals surface area contributed by atoms with Gasteiger partial charge >= 0.3 is 0 Å². The fourth-order valence-electron chi connectivity index (χ4n) is 3.26. The van der Waals surface area contributed by atoms with E-state index in [1.54, 1.807) is 6.07 Å². The third-order valence-electron chi connectivity index (χ3n) is 4.73. The molecule has 0 amide bonds. The third-order valence-corrected chi connectivity index (χ3v) is 4.73. The van der Waals surface area contributed by atoms with Gasteiger partial charge in [-0.2, -0.15) is 5.26 Å². The van der Waals surface area contributed by atoms with Gasteiger partial charge in [0.1, 0.15) is 11.9 Å². The summed E-state index contributed by atoms with van der Waals surface area (Å²) in [6.45, 7) is 5.88. The molecular formula is C20H23N5O. The summed E-state index contributed by atoms with van der Waals surface area (Å²) in [4.78, 5) is 19.0. The lowest BCUT2D eigenvalue weighted by Gasteiger charge is -2.16. The van der Waals surface area contributed by atoms with Gasteiger partial charge in [0.2, 0.25) is 0 Å². The molecule has 0 unspecified atom stereocenters. The normalized spacial score (nSPS) is 16.7. The molecule has 6 nitrogen and oxygen atoms in total. The van der Waals surface area contributed by atoms with Crippen molar-refractivity contribution in [3.05, 3.63) is 47.4 Å². The van der Waals surface area contributed by atoms with E-state index < -0.39 is 0 Å². The van der Waals surface area contributed by atoms with E-state index >= 15 is 0 Å². The zero-order valence-electron chi connectivity index (χ0n) is 15.2. The van der Waals surface area contributed by atoms with Crippen molar-refractivity contribution in [2.24, 2.45) is 5.92 Å². The van der Waals surface area contributed by atoms with Gasteiger partial charge in [-0.3, -0.25) is 9.78 Å². The smallest absolute Gasteiger partial charge is 0.163 e. The highest BCUT2D eigenvalue weighted by molar-refractivity contribution is 5.81. The Hall–Kier alpha value is -2.81. The van der Waals surface area contributed by atoms with Crippen molar-refractivity contribution in [1.82, 2.24) is 15.2 Å². The summed E-state index contributed by atoms with van der Waals surface area (Å²) in [5.41, 5.74) is 2.35. The molecule has 1 atom stereocenters. The molecule has 2 aromatic rings. The maximum atomic E-state index is 12.4. The summed E-state index contributed by atoms with van der Waals surface area (Å²) in [6, 6.07) is 9.48. The van der Waals surface area contributed by atoms with Crippen molar-refractivity contribution in [2.75, 3.05) is 18.0 Å². The Morgan fingerprint density at radius 1 is 1.31 bits per heavy atom. The van der Waals surface area contributed by atoms with E-state index in [4.69, 9.17) is 5.26 Å². The minimum atomic E-state index is 0.252. The zero-order valence-corrected chi connectivity index (χ0v) is 15.2. The van der Waals surface area contributed by atoms with E-state index in [0.29, 0.717) is 30.4 Å². The van der Waals surface area contributed by atoms with Crippen LogP contribution in [0.2, 0.25) is 0 Å². The van der Waals surface area contributed by atoms with Crippen LogP contribution in [0.3, 0.4) is 0 Å². The molecule has 0 bridgehead atoms. The van der Waals surface area contributed by atoms with Crippen LogP contribution in [0.1, 0.15) is 49.6 Å². The van der Waals surface area contributed by atoms with Gasteiger partial charge in [0, 0.05) is 37.8 Å². The van der Waals surface area contributed by atoms with Crippen molar-refractivity contribution < 1.29 is 4.79 Å². The summed E-state index contributed by atoms with van der Waals surface area (Å²) in [5, 5.41) is 16.8. The average Bonchev–Trinajstić information content (AvgIpc) is 3.10. The van der Waals surface area contributed by atoms with Crippen LogP contribution in [0.5, 0.6) is 0 Å². The number of nitrogens with zero attached hydrogens (tertiary/aromatic N) is 5. The molecule has 1 aliphatic rings. The molecule has 0 N–H and O–H groups in total. The number of Topliss-reactive ketones (excluding diaryl/α,β-unsaturated/α-hetero) is 1. The van der Waals surface area contributed by atoms with Crippen LogP contribution in [-0.4, -0.2) is 34.1 Å². The van der Waals surface area contributed by atoms with Gasteiger partial charge in [-0.25, -0.2) is 0 Å². The van der Waals surface area contributed by atoms with Gasteiger partial charge in [-0.1, -0.05) is 19.9 Å². The highest BCUT2D eigenvalue weighted by Crippen LogP contribution is 2.24. The minimum absolute atomic E-state index is 0.252. The predicted octanol–water partition coefficient (Wildman–Crippen LogP) is 2.89. The van der Waals surface area contributed by atoms with E-state index in [2.05, 4.69) is 33.9 Å². The number of pyridine rings is 1. The third kappa shape index (κ3) is 4.42. The summed E-state index contributed by atoms with van der Waals surface area (Å²) in [7, 11) is 0. The maximum absolute atomic E-state index is 12.4. The van der Waals surface area contributed by atoms with Gasteiger partial charge in [-0.05, 0) is 42.0 Å². The lowest BCUT2D eigenvalue weighted by Crippen LogP contribution is -2.22. The van der Waals surface area contributed by atoms with Crippen molar-refractivity contribution in [1.29, 1.82) is 5.26 Å². The summed E-state index contributed by atoms with van der Waals surface area (Å²) < 4.78 is 0. The fraction of sp³-hybridized carbons (Fsp3) is 0.450. The van der Waals surface area contributed by atoms with Crippen LogP contribution in [0.25, 0.3) is 0 Å². The number of hydrogen-bond donors (Lipinski definition) is 0. The first kappa shape index (κ1) is 18.0. The summed E-state index contributed by atoms with van der Waals surface area (Å²) >= 11 is 0. The van der Waals surface area contributed by atoms with E-state index in [0.717, 1.165) is 36.6 Å². The van der Waals surface area contributed by atoms with Crippen LogP contribution in [0.15, 0.2) is 30.5 Å². The number of nitriles is 1. The van der Waals surface area contributed by atoms with Crippen LogP contribution in [0.4, 0.5) is 5.82 Å². The molecule has 2 aromatic heterocycles. The molecule has 1 aliphatic heterocycles.